The standard InChI is InChI=1S/C35H38ClN5O6S2/c1-7-18-47-34(41-35(48-33(39-41)22(2)3)40-49(44,45)27-14-10-23(4)11-15-27)32(43)38-29-21-26(13-16-28(29)36)37-31(42)9-8-19-46-30-17-12-24(5)20-25(30)6/h10-17,20-22,34H,8-9,19H2,1-6H3,(H,37,42)(H,38,43). The van der Waals surface area contributed by atoms with Crippen LogP contribution in [0.1, 0.15) is 67.5 Å². The Bertz CT molecular complexity index is 2060. The summed E-state index contributed by atoms with van der Waals surface area (Å²) in [6.45, 7) is 11.5. The van der Waals surface area contributed by atoms with E-state index in [9.17, 15) is 18.0 Å². The van der Waals surface area contributed by atoms with E-state index in [1.165, 1.54) is 31.2 Å². The molecule has 2 amide bonds. The number of anilines is 2. The largest absolute Gasteiger partial charge is 0.493 e. The second-order valence-electron chi connectivity index (χ2n) is 11.5. The Hall–Kier alpha value is -4.64. The Morgan fingerprint density at radius 3 is 2.41 bits per heavy atom. The van der Waals surface area contributed by atoms with Crippen molar-refractivity contribution in [3.63, 3.8) is 0 Å². The maximum Gasteiger partial charge on any atom is 0.289 e. The van der Waals surface area contributed by atoms with Crippen LogP contribution in [-0.2, 0) is 24.3 Å². The quantitative estimate of drug-likeness (QED) is 0.113. The number of amides is 2. The molecule has 0 saturated heterocycles. The highest BCUT2D eigenvalue weighted by molar-refractivity contribution is 7.90. The minimum absolute atomic E-state index is 0.0149. The predicted octanol–water partition coefficient (Wildman–Crippen LogP) is 6.87. The smallest absolute Gasteiger partial charge is 0.289 e. The van der Waals surface area contributed by atoms with Crippen molar-refractivity contribution < 1.29 is 27.5 Å². The number of nitrogens with zero attached hydrogens (tertiary/aromatic N) is 3. The number of carbonyl (C=O) groups is 2. The van der Waals surface area contributed by atoms with Crippen molar-refractivity contribution in [3.8, 4) is 17.8 Å². The van der Waals surface area contributed by atoms with Gasteiger partial charge in [-0.1, -0.05) is 78.1 Å². The number of hydrogen-bond acceptors (Lipinski definition) is 8. The zero-order chi connectivity index (χ0) is 35.7. The first-order valence-corrected chi connectivity index (χ1v) is 18.1. The molecule has 0 spiro atoms. The number of ether oxygens (including phenoxy) is 2. The molecule has 49 heavy (non-hydrogen) atoms. The summed E-state index contributed by atoms with van der Waals surface area (Å²) < 4.78 is 43.0. The normalized spacial score (nSPS) is 12.2. The Labute approximate surface area is 295 Å². The zero-order valence-electron chi connectivity index (χ0n) is 28.0. The van der Waals surface area contributed by atoms with Gasteiger partial charge in [-0.2, -0.15) is 18.2 Å². The fraction of sp³-hybridized carbons (Fsp3) is 0.314. The molecule has 1 unspecified atom stereocenters. The topological polar surface area (TPSA) is 141 Å². The molecule has 11 nitrogen and oxygen atoms in total. The molecule has 3 aromatic carbocycles. The fourth-order valence-electron chi connectivity index (χ4n) is 4.44. The highest BCUT2D eigenvalue weighted by atomic mass is 35.5. The van der Waals surface area contributed by atoms with Crippen LogP contribution < -0.4 is 20.2 Å². The number of halogens is 1. The molecule has 4 aromatic rings. The number of aromatic nitrogens is 2. The van der Waals surface area contributed by atoms with Crippen LogP contribution in [0.4, 0.5) is 11.4 Å². The van der Waals surface area contributed by atoms with E-state index in [0.29, 0.717) is 23.7 Å². The highest BCUT2D eigenvalue weighted by Gasteiger charge is 2.28. The number of nitrogens with one attached hydrogen (secondary N) is 2. The molecular weight excluding hydrogens is 686 g/mol. The molecule has 0 aliphatic carbocycles. The first-order valence-electron chi connectivity index (χ1n) is 15.4. The van der Waals surface area contributed by atoms with E-state index < -0.39 is 22.2 Å². The van der Waals surface area contributed by atoms with Gasteiger partial charge < -0.3 is 20.1 Å². The minimum Gasteiger partial charge on any atom is -0.493 e. The molecule has 0 aliphatic heterocycles. The van der Waals surface area contributed by atoms with E-state index in [-0.39, 0.29) is 38.7 Å². The van der Waals surface area contributed by atoms with Crippen molar-refractivity contribution in [2.24, 2.45) is 4.40 Å². The van der Waals surface area contributed by atoms with E-state index in [1.54, 1.807) is 18.2 Å². The number of benzene rings is 3. The van der Waals surface area contributed by atoms with Gasteiger partial charge in [0.2, 0.25) is 10.7 Å². The first-order chi connectivity index (χ1) is 23.3. The molecule has 0 radical (unpaired) electrons. The van der Waals surface area contributed by atoms with E-state index >= 15 is 0 Å². The van der Waals surface area contributed by atoms with Gasteiger partial charge in [-0.25, -0.2) is 0 Å². The molecule has 0 fully saturated rings. The van der Waals surface area contributed by atoms with Gasteiger partial charge in [-0.3, -0.25) is 9.59 Å². The van der Waals surface area contributed by atoms with Gasteiger partial charge in [0.05, 0.1) is 22.2 Å². The number of sulfonamides is 1. The lowest BCUT2D eigenvalue weighted by molar-refractivity contribution is -0.129. The monoisotopic (exact) mass is 723 g/mol. The lowest BCUT2D eigenvalue weighted by atomic mass is 10.1. The van der Waals surface area contributed by atoms with Gasteiger partial charge >= 0.3 is 0 Å². The Morgan fingerprint density at radius 1 is 1.02 bits per heavy atom. The lowest BCUT2D eigenvalue weighted by Crippen LogP contribution is -2.34. The summed E-state index contributed by atoms with van der Waals surface area (Å²) in [5.41, 5.74) is 3.63. The molecule has 0 aliphatic rings. The van der Waals surface area contributed by atoms with Crippen LogP contribution >= 0.6 is 22.9 Å². The highest BCUT2D eigenvalue weighted by Crippen LogP contribution is 2.27. The summed E-state index contributed by atoms with van der Waals surface area (Å²) >= 11 is 7.44. The average Bonchev–Trinajstić information content (AvgIpc) is 3.45. The molecule has 2 N–H and O–H groups in total. The van der Waals surface area contributed by atoms with Gasteiger partial charge in [0.25, 0.3) is 22.2 Å². The van der Waals surface area contributed by atoms with Crippen molar-refractivity contribution in [2.75, 3.05) is 17.2 Å². The molecule has 258 valence electrons. The summed E-state index contributed by atoms with van der Waals surface area (Å²) in [7, 11) is -4.17. The molecule has 0 bridgehead atoms. The average molecular weight is 724 g/mol. The molecule has 14 heteroatoms. The van der Waals surface area contributed by atoms with Crippen LogP contribution in [-0.4, -0.2) is 36.6 Å². The van der Waals surface area contributed by atoms with Crippen LogP contribution in [0.3, 0.4) is 0 Å². The second kappa shape index (κ2) is 16.6. The Morgan fingerprint density at radius 2 is 1.73 bits per heavy atom. The van der Waals surface area contributed by atoms with Crippen LogP contribution in [0.5, 0.6) is 5.75 Å². The lowest BCUT2D eigenvalue weighted by Gasteiger charge is -2.16. The van der Waals surface area contributed by atoms with E-state index in [0.717, 1.165) is 38.5 Å². The van der Waals surface area contributed by atoms with Crippen molar-refractivity contribution in [1.29, 1.82) is 0 Å². The number of rotatable bonds is 13. The summed E-state index contributed by atoms with van der Waals surface area (Å²) in [4.78, 5) is 26.3. The van der Waals surface area contributed by atoms with Crippen molar-refractivity contribution in [2.45, 2.75) is 71.4 Å². The SMILES string of the molecule is CC#COC(C(=O)Nc1cc(NC(=O)CCCOc2ccc(C)cc2C)ccc1Cl)n1nc(C(C)C)sc1=NS(=O)(=O)c1ccc(C)cc1. The van der Waals surface area contributed by atoms with E-state index in [4.69, 9.17) is 21.1 Å². The Balaban J connectivity index is 1.53. The van der Waals surface area contributed by atoms with Gasteiger partial charge in [-0.05, 0) is 69.2 Å². The van der Waals surface area contributed by atoms with E-state index in [1.807, 2.05) is 52.8 Å². The molecule has 1 aromatic heterocycles. The zero-order valence-corrected chi connectivity index (χ0v) is 30.4. The minimum atomic E-state index is -4.17. The molecule has 0 saturated carbocycles. The second-order valence-corrected chi connectivity index (χ2v) is 14.5. The molecule has 1 atom stereocenters. The summed E-state index contributed by atoms with van der Waals surface area (Å²) in [5, 5.41) is 10.7. The summed E-state index contributed by atoms with van der Waals surface area (Å²) in [5.74, 6) is 2.23. The summed E-state index contributed by atoms with van der Waals surface area (Å²) in [6, 6.07) is 16.8. The third kappa shape index (κ3) is 10.2. The molecular formula is C35H38ClN5O6S2. The fourth-order valence-corrected chi connectivity index (χ4v) is 6.71. The van der Waals surface area contributed by atoms with Crippen molar-refractivity contribution >= 4 is 56.2 Å². The maximum absolute atomic E-state index is 13.7. The van der Waals surface area contributed by atoms with Crippen LogP contribution in [0, 0.1) is 32.8 Å². The number of carbonyl (C=O) groups excluding carboxylic acids is 2. The van der Waals surface area contributed by atoms with Gasteiger partial charge in [0.1, 0.15) is 16.9 Å². The molecule has 4 rings (SSSR count). The predicted molar refractivity (Wildman–Crippen MR) is 191 cm³/mol. The van der Waals surface area contributed by atoms with Gasteiger partial charge in [0, 0.05) is 24.9 Å². The van der Waals surface area contributed by atoms with Gasteiger partial charge in [0.15, 0.2) is 0 Å². The summed E-state index contributed by atoms with van der Waals surface area (Å²) in [6.07, 6.45) is 1.56. The third-order valence-electron chi connectivity index (χ3n) is 6.97. The third-order valence-corrected chi connectivity index (χ3v) is 9.92. The first kappa shape index (κ1) is 37.2. The van der Waals surface area contributed by atoms with Crippen LogP contribution in [0.25, 0.3) is 0 Å². The maximum atomic E-state index is 13.7. The number of hydrogen-bond donors (Lipinski definition) is 2. The number of aryl methyl sites for hydroxylation is 3. The Kier molecular flexibility index (Phi) is 12.6. The van der Waals surface area contributed by atoms with Crippen LogP contribution in [0.2, 0.25) is 5.02 Å². The van der Waals surface area contributed by atoms with Gasteiger partial charge in [-0.15, -0.1) is 4.40 Å². The van der Waals surface area contributed by atoms with Crippen LogP contribution in [0.15, 0.2) is 70.0 Å². The van der Waals surface area contributed by atoms with E-state index in [2.05, 4.69) is 32.2 Å². The van der Waals surface area contributed by atoms with Crippen molar-refractivity contribution in [3.05, 3.63) is 92.2 Å². The molecule has 1 heterocycles. The van der Waals surface area contributed by atoms with Crippen molar-refractivity contribution in [1.82, 2.24) is 9.78 Å².